The highest BCUT2D eigenvalue weighted by Crippen LogP contribution is 2.20. The molecule has 0 saturated carbocycles. The SMILES string of the molecule is Cc1nsc(N2CCCN(Cc3cnc(N(C)C)n3C)CC2)n1. The number of anilines is 2. The Morgan fingerprint density at radius 1 is 1.22 bits per heavy atom. The summed E-state index contributed by atoms with van der Waals surface area (Å²) >= 11 is 1.51. The van der Waals surface area contributed by atoms with E-state index in [0.29, 0.717) is 0 Å². The Labute approximate surface area is 141 Å². The van der Waals surface area contributed by atoms with E-state index in [9.17, 15) is 0 Å². The number of aryl methyl sites for hydroxylation is 1. The second kappa shape index (κ2) is 6.84. The van der Waals surface area contributed by atoms with Gasteiger partial charge in [0.2, 0.25) is 11.1 Å². The lowest BCUT2D eigenvalue weighted by Crippen LogP contribution is -2.31. The van der Waals surface area contributed by atoms with Crippen LogP contribution < -0.4 is 9.80 Å². The van der Waals surface area contributed by atoms with E-state index in [0.717, 1.165) is 56.0 Å². The van der Waals surface area contributed by atoms with Crippen LogP contribution in [0, 0.1) is 6.92 Å². The molecule has 8 heteroatoms. The van der Waals surface area contributed by atoms with E-state index in [1.165, 1.54) is 17.2 Å². The van der Waals surface area contributed by atoms with Crippen molar-refractivity contribution in [3.63, 3.8) is 0 Å². The van der Waals surface area contributed by atoms with Gasteiger partial charge in [-0.2, -0.15) is 4.37 Å². The Hall–Kier alpha value is -1.67. The standard InChI is InChI=1S/C15H25N7S/c1-12-17-15(23-18-12)22-7-5-6-21(8-9-22)11-13-10-16-14(19(2)3)20(13)4/h10H,5-9,11H2,1-4H3. The smallest absolute Gasteiger partial charge is 0.205 e. The van der Waals surface area contributed by atoms with Crippen LogP contribution in [0.1, 0.15) is 17.9 Å². The Morgan fingerprint density at radius 2 is 2.04 bits per heavy atom. The number of hydrogen-bond donors (Lipinski definition) is 0. The highest BCUT2D eigenvalue weighted by molar-refractivity contribution is 7.09. The maximum absolute atomic E-state index is 4.52. The highest BCUT2D eigenvalue weighted by atomic mass is 32.1. The Morgan fingerprint density at radius 3 is 2.70 bits per heavy atom. The summed E-state index contributed by atoms with van der Waals surface area (Å²) in [6.07, 6.45) is 3.14. The van der Waals surface area contributed by atoms with Crippen molar-refractivity contribution in [2.75, 3.05) is 50.1 Å². The van der Waals surface area contributed by atoms with E-state index in [1.807, 2.05) is 32.1 Å². The van der Waals surface area contributed by atoms with Crippen molar-refractivity contribution in [3.8, 4) is 0 Å². The molecule has 3 rings (SSSR count). The normalized spacial score (nSPS) is 16.6. The summed E-state index contributed by atoms with van der Waals surface area (Å²) in [5.41, 5.74) is 1.26. The molecule has 1 saturated heterocycles. The second-order valence-electron chi connectivity index (χ2n) is 6.24. The molecule has 0 aliphatic carbocycles. The third-order valence-electron chi connectivity index (χ3n) is 4.22. The fraction of sp³-hybridized carbons (Fsp3) is 0.667. The van der Waals surface area contributed by atoms with Crippen molar-refractivity contribution in [3.05, 3.63) is 17.7 Å². The number of aromatic nitrogens is 4. The zero-order chi connectivity index (χ0) is 16.4. The van der Waals surface area contributed by atoms with Crippen LogP contribution in [0.2, 0.25) is 0 Å². The van der Waals surface area contributed by atoms with Crippen LogP contribution in [0.15, 0.2) is 6.20 Å². The Bertz CT molecular complexity index is 648. The van der Waals surface area contributed by atoms with Gasteiger partial charge in [0, 0.05) is 65.4 Å². The van der Waals surface area contributed by atoms with Gasteiger partial charge in [-0.15, -0.1) is 0 Å². The third-order valence-corrected chi connectivity index (χ3v) is 5.09. The molecule has 0 atom stereocenters. The van der Waals surface area contributed by atoms with Crippen molar-refractivity contribution in [1.82, 2.24) is 23.8 Å². The van der Waals surface area contributed by atoms with Crippen LogP contribution in [0.5, 0.6) is 0 Å². The summed E-state index contributed by atoms with van der Waals surface area (Å²) < 4.78 is 6.48. The molecule has 0 amide bonds. The van der Waals surface area contributed by atoms with Crippen LogP contribution in [0.4, 0.5) is 11.1 Å². The lowest BCUT2D eigenvalue weighted by Gasteiger charge is -2.21. The molecular formula is C15H25N7S. The molecule has 1 aliphatic rings. The molecule has 1 aliphatic heterocycles. The van der Waals surface area contributed by atoms with Gasteiger partial charge in [0.05, 0.1) is 11.9 Å². The highest BCUT2D eigenvalue weighted by Gasteiger charge is 2.19. The molecular weight excluding hydrogens is 310 g/mol. The molecule has 23 heavy (non-hydrogen) atoms. The summed E-state index contributed by atoms with van der Waals surface area (Å²) in [6.45, 7) is 7.11. The van der Waals surface area contributed by atoms with Crippen molar-refractivity contribution >= 4 is 22.6 Å². The van der Waals surface area contributed by atoms with Gasteiger partial charge in [0.1, 0.15) is 5.82 Å². The quantitative estimate of drug-likeness (QED) is 0.841. The zero-order valence-corrected chi connectivity index (χ0v) is 15.2. The maximum Gasteiger partial charge on any atom is 0.205 e. The first-order valence-corrected chi connectivity index (χ1v) is 8.77. The average molecular weight is 335 g/mol. The van der Waals surface area contributed by atoms with Gasteiger partial charge in [-0.3, -0.25) is 4.90 Å². The van der Waals surface area contributed by atoms with Crippen LogP contribution in [-0.4, -0.2) is 64.1 Å². The van der Waals surface area contributed by atoms with Gasteiger partial charge >= 0.3 is 0 Å². The van der Waals surface area contributed by atoms with E-state index in [4.69, 9.17) is 0 Å². The third kappa shape index (κ3) is 3.64. The fourth-order valence-electron chi connectivity index (χ4n) is 2.96. The van der Waals surface area contributed by atoms with E-state index in [1.54, 1.807) is 0 Å². The maximum atomic E-state index is 4.52. The number of nitrogens with zero attached hydrogens (tertiary/aromatic N) is 7. The lowest BCUT2D eigenvalue weighted by molar-refractivity contribution is 0.279. The topological polar surface area (TPSA) is 53.3 Å². The van der Waals surface area contributed by atoms with Crippen LogP contribution in [0.3, 0.4) is 0 Å². The summed E-state index contributed by atoms with van der Waals surface area (Å²) in [7, 11) is 6.14. The van der Waals surface area contributed by atoms with Crippen molar-refractivity contribution in [2.24, 2.45) is 7.05 Å². The van der Waals surface area contributed by atoms with Crippen molar-refractivity contribution in [1.29, 1.82) is 0 Å². The van der Waals surface area contributed by atoms with Crippen LogP contribution in [0.25, 0.3) is 0 Å². The van der Waals surface area contributed by atoms with Crippen LogP contribution >= 0.6 is 11.5 Å². The largest absolute Gasteiger partial charge is 0.348 e. The molecule has 0 spiro atoms. The molecule has 0 N–H and O–H groups in total. The minimum Gasteiger partial charge on any atom is -0.348 e. The molecule has 0 bridgehead atoms. The van der Waals surface area contributed by atoms with Crippen molar-refractivity contribution in [2.45, 2.75) is 19.9 Å². The van der Waals surface area contributed by atoms with Gasteiger partial charge < -0.3 is 14.4 Å². The average Bonchev–Trinajstić information content (AvgIpc) is 3.00. The minimum absolute atomic E-state index is 0.872. The molecule has 0 aromatic carbocycles. The first kappa shape index (κ1) is 16.2. The Balaban J connectivity index is 1.62. The summed E-state index contributed by atoms with van der Waals surface area (Å²) in [5.74, 6) is 1.87. The van der Waals surface area contributed by atoms with E-state index in [2.05, 4.69) is 35.8 Å². The molecule has 0 radical (unpaired) electrons. The molecule has 0 unspecified atom stereocenters. The number of rotatable bonds is 4. The van der Waals surface area contributed by atoms with Gasteiger partial charge in [0.15, 0.2) is 0 Å². The molecule has 3 heterocycles. The molecule has 2 aromatic heterocycles. The van der Waals surface area contributed by atoms with E-state index in [-0.39, 0.29) is 0 Å². The summed E-state index contributed by atoms with van der Waals surface area (Å²) in [5, 5.41) is 1.06. The summed E-state index contributed by atoms with van der Waals surface area (Å²) in [4.78, 5) is 15.9. The molecule has 7 nitrogen and oxygen atoms in total. The van der Waals surface area contributed by atoms with Crippen LogP contribution in [-0.2, 0) is 13.6 Å². The molecule has 2 aromatic rings. The van der Waals surface area contributed by atoms with Crippen molar-refractivity contribution < 1.29 is 0 Å². The molecule has 1 fully saturated rings. The monoisotopic (exact) mass is 335 g/mol. The van der Waals surface area contributed by atoms with E-state index >= 15 is 0 Å². The number of hydrogen-bond acceptors (Lipinski definition) is 7. The zero-order valence-electron chi connectivity index (χ0n) is 14.4. The Kier molecular flexibility index (Phi) is 4.82. The number of imidazole rings is 1. The summed E-state index contributed by atoms with van der Waals surface area (Å²) in [6, 6.07) is 0. The fourth-order valence-corrected chi connectivity index (χ4v) is 3.69. The first-order chi connectivity index (χ1) is 11.0. The predicted octanol–water partition coefficient (Wildman–Crippen LogP) is 1.36. The van der Waals surface area contributed by atoms with Gasteiger partial charge in [0.25, 0.3) is 0 Å². The van der Waals surface area contributed by atoms with E-state index < -0.39 is 0 Å². The van der Waals surface area contributed by atoms with Gasteiger partial charge in [-0.25, -0.2) is 9.97 Å². The minimum atomic E-state index is 0.872. The van der Waals surface area contributed by atoms with Gasteiger partial charge in [-0.1, -0.05) is 0 Å². The lowest BCUT2D eigenvalue weighted by atomic mass is 10.3. The molecule has 126 valence electrons. The first-order valence-electron chi connectivity index (χ1n) is 8.00. The van der Waals surface area contributed by atoms with Gasteiger partial charge in [-0.05, 0) is 13.3 Å². The predicted molar refractivity (Wildman–Crippen MR) is 94.3 cm³/mol. The second-order valence-corrected chi connectivity index (χ2v) is 6.97.